The van der Waals surface area contributed by atoms with Gasteiger partial charge < -0.3 is 0 Å². The molecule has 1 saturated heterocycles. The van der Waals surface area contributed by atoms with Crippen LogP contribution in [0.4, 0.5) is 0 Å². The van der Waals surface area contributed by atoms with E-state index >= 15 is 0 Å². The third-order valence-corrected chi connectivity index (χ3v) is 6.44. The summed E-state index contributed by atoms with van der Waals surface area (Å²) in [4.78, 5) is 16.2. The molecule has 3 aromatic rings. The molecular weight excluding hydrogens is 364 g/mol. The van der Waals surface area contributed by atoms with Crippen LogP contribution in [0.2, 0.25) is 5.02 Å². The minimum Gasteiger partial charge on any atom is -0.284 e. The van der Waals surface area contributed by atoms with Crippen LogP contribution in [-0.4, -0.2) is 39.3 Å². The molecule has 4 rings (SSSR count). The van der Waals surface area contributed by atoms with Gasteiger partial charge in [0.1, 0.15) is 5.52 Å². The number of halogens is 1. The van der Waals surface area contributed by atoms with Gasteiger partial charge in [0.2, 0.25) is 0 Å². The lowest BCUT2D eigenvalue weighted by Crippen LogP contribution is -2.23. The molecule has 2 aromatic heterocycles. The molecule has 7 nitrogen and oxygen atoms in total. The Hall–Kier alpha value is -2.19. The monoisotopic (exact) mass is 378 g/mol. The van der Waals surface area contributed by atoms with Crippen molar-refractivity contribution in [1.29, 1.82) is 0 Å². The average Bonchev–Trinajstić information content (AvgIpc) is 3.15. The summed E-state index contributed by atoms with van der Waals surface area (Å²) in [7, 11) is -3.02. The molecule has 1 aliphatic heterocycles. The van der Waals surface area contributed by atoms with Gasteiger partial charge in [-0.25, -0.2) is 13.2 Å². The van der Waals surface area contributed by atoms with Gasteiger partial charge in [0.15, 0.2) is 9.84 Å². The van der Waals surface area contributed by atoms with Crippen LogP contribution in [0.15, 0.2) is 41.5 Å². The average molecular weight is 379 g/mol. The molecule has 0 radical (unpaired) electrons. The molecule has 0 unspecified atom stereocenters. The van der Waals surface area contributed by atoms with Crippen LogP contribution in [0.1, 0.15) is 18.0 Å². The molecule has 1 atom stereocenters. The molecule has 1 fully saturated rings. The van der Waals surface area contributed by atoms with Gasteiger partial charge in [0, 0.05) is 5.02 Å². The number of benzene rings is 1. The van der Waals surface area contributed by atoms with Crippen molar-refractivity contribution in [3.63, 3.8) is 0 Å². The lowest BCUT2D eigenvalue weighted by Gasteiger charge is -2.11. The molecule has 0 amide bonds. The highest BCUT2D eigenvalue weighted by atomic mass is 35.5. The summed E-state index contributed by atoms with van der Waals surface area (Å²) in [6.45, 7) is 0.342. The first kappa shape index (κ1) is 16.3. The van der Waals surface area contributed by atoms with Crippen LogP contribution < -0.4 is 5.69 Å². The quantitative estimate of drug-likeness (QED) is 0.691. The molecule has 3 heterocycles. The van der Waals surface area contributed by atoms with Crippen LogP contribution >= 0.6 is 11.6 Å². The number of fused-ring (bicyclic) bond motifs is 1. The molecule has 9 heteroatoms. The van der Waals surface area contributed by atoms with Crippen LogP contribution in [0.25, 0.3) is 11.0 Å². The number of sulfone groups is 1. The zero-order chi connectivity index (χ0) is 17.6. The Kier molecular flexibility index (Phi) is 3.88. The topological polar surface area (TPSA) is 86.8 Å². The zero-order valence-electron chi connectivity index (χ0n) is 13.2. The van der Waals surface area contributed by atoms with Crippen LogP contribution in [-0.2, 0) is 16.4 Å². The van der Waals surface area contributed by atoms with E-state index < -0.39 is 9.84 Å². The van der Waals surface area contributed by atoms with Crippen molar-refractivity contribution >= 4 is 32.5 Å². The van der Waals surface area contributed by atoms with E-state index in [-0.39, 0.29) is 23.2 Å². The fourth-order valence-corrected chi connectivity index (χ4v) is 4.99. The zero-order valence-corrected chi connectivity index (χ0v) is 14.7. The van der Waals surface area contributed by atoms with Gasteiger partial charge in [0.05, 0.1) is 42.0 Å². The van der Waals surface area contributed by atoms with E-state index in [0.29, 0.717) is 29.0 Å². The predicted molar refractivity (Wildman–Crippen MR) is 94.6 cm³/mol. The SMILES string of the molecule is O=c1ncc2c(cnn2[C@H]2CCS(=O)(=O)C2)n1Cc1ccc(Cl)cc1. The summed E-state index contributed by atoms with van der Waals surface area (Å²) in [5.74, 6) is 0.233. The van der Waals surface area contributed by atoms with Crippen molar-refractivity contribution in [2.24, 2.45) is 0 Å². The molecule has 0 bridgehead atoms. The third kappa shape index (κ3) is 3.07. The predicted octanol–water partition coefficient (Wildman–Crippen LogP) is 1.65. The van der Waals surface area contributed by atoms with Crippen molar-refractivity contribution in [2.75, 3.05) is 11.5 Å². The van der Waals surface area contributed by atoms with Crippen molar-refractivity contribution in [1.82, 2.24) is 19.3 Å². The number of rotatable bonds is 3. The van der Waals surface area contributed by atoms with Crippen molar-refractivity contribution in [3.05, 3.63) is 57.7 Å². The van der Waals surface area contributed by atoms with Gasteiger partial charge in [-0.3, -0.25) is 9.25 Å². The standard InChI is InChI=1S/C16H15ClN4O3S/c17-12-3-1-11(2-4-12)9-20-14-8-19-21(15(14)7-18-16(20)22)13-5-6-25(23,24)10-13/h1-4,7-8,13H,5-6,9-10H2/t13-/m0/s1. The molecule has 0 spiro atoms. The first-order valence-electron chi connectivity index (χ1n) is 7.81. The van der Waals surface area contributed by atoms with Gasteiger partial charge in [-0.05, 0) is 24.1 Å². The fourth-order valence-electron chi connectivity index (χ4n) is 3.17. The molecule has 0 saturated carbocycles. The summed E-state index contributed by atoms with van der Waals surface area (Å²) in [6.07, 6.45) is 3.59. The van der Waals surface area contributed by atoms with E-state index in [1.54, 1.807) is 23.0 Å². The Balaban J connectivity index is 1.76. The van der Waals surface area contributed by atoms with Crippen LogP contribution in [0.5, 0.6) is 0 Å². The van der Waals surface area contributed by atoms with E-state index in [1.807, 2.05) is 12.1 Å². The maximum Gasteiger partial charge on any atom is 0.348 e. The van der Waals surface area contributed by atoms with Crippen LogP contribution in [0, 0.1) is 0 Å². The van der Waals surface area contributed by atoms with Crippen molar-refractivity contribution in [2.45, 2.75) is 19.0 Å². The number of aromatic nitrogens is 4. The first-order valence-corrected chi connectivity index (χ1v) is 10.0. The van der Waals surface area contributed by atoms with Crippen molar-refractivity contribution in [3.8, 4) is 0 Å². The van der Waals surface area contributed by atoms with Crippen LogP contribution in [0.3, 0.4) is 0 Å². The molecule has 0 N–H and O–H groups in total. The van der Waals surface area contributed by atoms with Gasteiger partial charge in [-0.15, -0.1) is 0 Å². The van der Waals surface area contributed by atoms with Gasteiger partial charge in [0.25, 0.3) is 0 Å². The summed E-state index contributed by atoms with van der Waals surface area (Å²) in [5, 5.41) is 4.96. The second kappa shape index (κ2) is 5.96. The van der Waals surface area contributed by atoms with E-state index in [9.17, 15) is 13.2 Å². The fraction of sp³-hybridized carbons (Fsp3) is 0.312. The normalized spacial score (nSPS) is 19.5. The lowest BCUT2D eigenvalue weighted by molar-refractivity contribution is 0.515. The summed E-state index contributed by atoms with van der Waals surface area (Å²) < 4.78 is 26.7. The Morgan fingerprint density at radius 2 is 1.92 bits per heavy atom. The highest BCUT2D eigenvalue weighted by Gasteiger charge is 2.30. The van der Waals surface area contributed by atoms with E-state index in [4.69, 9.17) is 11.6 Å². The Morgan fingerprint density at radius 1 is 1.16 bits per heavy atom. The number of hydrogen-bond acceptors (Lipinski definition) is 5. The maximum absolute atomic E-state index is 12.2. The minimum atomic E-state index is -3.02. The molecular formula is C16H15ClN4O3S. The van der Waals surface area contributed by atoms with Crippen molar-refractivity contribution < 1.29 is 8.42 Å². The molecule has 25 heavy (non-hydrogen) atoms. The van der Waals surface area contributed by atoms with E-state index in [0.717, 1.165) is 5.56 Å². The van der Waals surface area contributed by atoms with Gasteiger partial charge in [-0.2, -0.15) is 10.1 Å². The van der Waals surface area contributed by atoms with Gasteiger partial charge >= 0.3 is 5.69 Å². The number of nitrogens with zero attached hydrogens (tertiary/aromatic N) is 4. The number of hydrogen-bond donors (Lipinski definition) is 0. The molecule has 0 aliphatic carbocycles. The summed E-state index contributed by atoms with van der Waals surface area (Å²) in [6, 6.07) is 7.01. The smallest absolute Gasteiger partial charge is 0.284 e. The highest BCUT2D eigenvalue weighted by molar-refractivity contribution is 7.91. The third-order valence-electron chi connectivity index (χ3n) is 4.44. The second-order valence-electron chi connectivity index (χ2n) is 6.17. The molecule has 130 valence electrons. The summed E-state index contributed by atoms with van der Waals surface area (Å²) in [5.41, 5.74) is 1.84. The second-order valence-corrected chi connectivity index (χ2v) is 8.84. The Bertz CT molecular complexity index is 1100. The first-order chi connectivity index (χ1) is 11.9. The molecule has 1 aliphatic rings. The highest BCUT2D eigenvalue weighted by Crippen LogP contribution is 2.26. The van der Waals surface area contributed by atoms with E-state index in [2.05, 4.69) is 10.1 Å². The largest absolute Gasteiger partial charge is 0.348 e. The summed E-state index contributed by atoms with van der Waals surface area (Å²) >= 11 is 5.90. The Morgan fingerprint density at radius 3 is 2.60 bits per heavy atom. The minimum absolute atomic E-state index is 0.0695. The molecule has 1 aromatic carbocycles. The Labute approximate surface area is 148 Å². The van der Waals surface area contributed by atoms with Gasteiger partial charge in [-0.1, -0.05) is 23.7 Å². The van der Waals surface area contributed by atoms with E-state index in [1.165, 1.54) is 10.8 Å². The maximum atomic E-state index is 12.2. The lowest BCUT2D eigenvalue weighted by atomic mass is 10.2.